The molecule has 0 radical (unpaired) electrons. The van der Waals surface area contributed by atoms with E-state index in [0.717, 1.165) is 12.1 Å². The topological polar surface area (TPSA) is 24.8 Å². The molecular formula is C13H11ClF6N2O. The number of nitrogens with zero attached hydrogens (tertiary/aromatic N) is 2. The van der Waals surface area contributed by atoms with Crippen LogP contribution in [0.15, 0.2) is 29.3 Å². The highest BCUT2D eigenvalue weighted by atomic mass is 35.5. The summed E-state index contributed by atoms with van der Waals surface area (Å²) in [5.41, 5.74) is -0.866. The van der Waals surface area contributed by atoms with E-state index in [1.165, 1.54) is 11.9 Å². The molecule has 1 atom stereocenters. The standard InChI is InChI=1S/C13H11ClF6N2O/c1-22(10-21-6-7-23-10)9-4-2-8(3-5-9)11(15,16)12(14,17)13(18,19)20/h2-5H,6-7H2,1H3. The molecular weight excluding hydrogens is 350 g/mol. The molecule has 0 saturated heterocycles. The maximum atomic E-state index is 13.8. The van der Waals surface area contributed by atoms with E-state index in [1.54, 1.807) is 0 Å². The van der Waals surface area contributed by atoms with Gasteiger partial charge in [0, 0.05) is 18.3 Å². The molecule has 1 aliphatic heterocycles. The van der Waals surface area contributed by atoms with Crippen molar-refractivity contribution in [2.24, 2.45) is 4.99 Å². The number of hydrogen-bond acceptors (Lipinski definition) is 3. The zero-order valence-corrected chi connectivity index (χ0v) is 12.4. The van der Waals surface area contributed by atoms with Crippen molar-refractivity contribution >= 4 is 23.3 Å². The van der Waals surface area contributed by atoms with E-state index in [9.17, 15) is 26.3 Å². The quantitative estimate of drug-likeness (QED) is 0.599. The summed E-state index contributed by atoms with van der Waals surface area (Å²) in [6, 6.07) is 3.78. The van der Waals surface area contributed by atoms with Crippen molar-refractivity contribution in [2.75, 3.05) is 25.1 Å². The molecule has 0 aliphatic carbocycles. The predicted octanol–water partition coefficient (Wildman–Crippen LogP) is 4.07. The van der Waals surface area contributed by atoms with Gasteiger partial charge in [0.25, 0.3) is 6.02 Å². The molecule has 128 valence electrons. The van der Waals surface area contributed by atoms with Gasteiger partial charge in [0.05, 0.1) is 6.54 Å². The summed E-state index contributed by atoms with van der Waals surface area (Å²) in [4.78, 5) is 5.42. The predicted molar refractivity (Wildman–Crippen MR) is 72.7 cm³/mol. The maximum absolute atomic E-state index is 13.8. The van der Waals surface area contributed by atoms with Gasteiger partial charge in [0.15, 0.2) is 0 Å². The van der Waals surface area contributed by atoms with Gasteiger partial charge in [0.1, 0.15) is 6.61 Å². The lowest BCUT2D eigenvalue weighted by atomic mass is 10.0. The number of halogens is 7. The molecule has 10 heteroatoms. The van der Waals surface area contributed by atoms with Crippen LogP contribution in [0.3, 0.4) is 0 Å². The Hall–Kier alpha value is -1.64. The molecule has 0 amide bonds. The second-order valence-corrected chi connectivity index (χ2v) is 5.29. The van der Waals surface area contributed by atoms with Gasteiger partial charge in [-0.2, -0.15) is 22.0 Å². The van der Waals surface area contributed by atoms with E-state index < -0.39 is 22.8 Å². The number of aliphatic imine (C=N–C) groups is 1. The van der Waals surface area contributed by atoms with Crippen molar-refractivity contribution < 1.29 is 31.1 Å². The number of benzene rings is 1. The zero-order chi connectivity index (χ0) is 17.5. The average Bonchev–Trinajstić information content (AvgIpc) is 2.99. The van der Waals surface area contributed by atoms with Crippen molar-refractivity contribution in [2.45, 2.75) is 17.2 Å². The van der Waals surface area contributed by atoms with Crippen LogP contribution in [0, 0.1) is 0 Å². The van der Waals surface area contributed by atoms with Crippen molar-refractivity contribution in [1.29, 1.82) is 0 Å². The molecule has 1 aromatic rings. The van der Waals surface area contributed by atoms with Crippen molar-refractivity contribution in [3.8, 4) is 0 Å². The molecule has 0 aromatic heterocycles. The van der Waals surface area contributed by atoms with E-state index in [2.05, 4.69) is 16.6 Å². The van der Waals surface area contributed by atoms with Gasteiger partial charge in [-0.25, -0.2) is 9.38 Å². The minimum absolute atomic E-state index is 0.247. The van der Waals surface area contributed by atoms with Crippen LogP contribution in [0.1, 0.15) is 5.56 Å². The van der Waals surface area contributed by atoms with Crippen LogP contribution < -0.4 is 4.90 Å². The second kappa shape index (κ2) is 5.77. The van der Waals surface area contributed by atoms with Gasteiger partial charge < -0.3 is 4.74 Å². The van der Waals surface area contributed by atoms with E-state index in [0.29, 0.717) is 31.0 Å². The van der Waals surface area contributed by atoms with Crippen LogP contribution in [0.25, 0.3) is 0 Å². The summed E-state index contributed by atoms with van der Waals surface area (Å²) in [7, 11) is 1.54. The third-order valence-electron chi connectivity index (χ3n) is 3.22. The molecule has 23 heavy (non-hydrogen) atoms. The van der Waals surface area contributed by atoms with Crippen LogP contribution in [0.2, 0.25) is 0 Å². The molecule has 1 aliphatic rings. The summed E-state index contributed by atoms with van der Waals surface area (Å²) in [5, 5.41) is -5.20. The molecule has 3 nitrogen and oxygen atoms in total. The van der Waals surface area contributed by atoms with Gasteiger partial charge in [0.2, 0.25) is 0 Å². The van der Waals surface area contributed by atoms with Gasteiger partial charge in [-0.15, -0.1) is 0 Å². The van der Waals surface area contributed by atoms with Crippen LogP contribution in [-0.4, -0.2) is 37.5 Å². The molecule has 0 spiro atoms. The third-order valence-corrected chi connectivity index (χ3v) is 3.68. The molecule has 0 N–H and O–H groups in total. The Morgan fingerprint density at radius 2 is 1.65 bits per heavy atom. The first kappa shape index (κ1) is 17.7. The summed E-state index contributed by atoms with van der Waals surface area (Å²) in [6.45, 7) is 0.816. The van der Waals surface area contributed by atoms with Crippen molar-refractivity contribution in [3.05, 3.63) is 29.8 Å². The minimum Gasteiger partial charge on any atom is -0.463 e. The van der Waals surface area contributed by atoms with Crippen LogP contribution in [0.5, 0.6) is 0 Å². The van der Waals surface area contributed by atoms with E-state index in [4.69, 9.17) is 4.74 Å². The van der Waals surface area contributed by atoms with Gasteiger partial charge in [-0.1, -0.05) is 23.7 Å². The SMILES string of the molecule is CN(C1=NCCO1)c1ccc(C(F)(F)C(F)(Cl)C(F)(F)F)cc1. The highest BCUT2D eigenvalue weighted by Gasteiger charge is 2.71. The average molecular weight is 361 g/mol. The van der Waals surface area contributed by atoms with Crippen molar-refractivity contribution in [3.63, 3.8) is 0 Å². The summed E-state index contributed by atoms with van der Waals surface area (Å²) < 4.78 is 83.3. The molecule has 1 heterocycles. The number of alkyl halides is 7. The lowest BCUT2D eigenvalue weighted by Gasteiger charge is -2.30. The van der Waals surface area contributed by atoms with Gasteiger partial charge in [-0.3, -0.25) is 4.90 Å². The van der Waals surface area contributed by atoms with Crippen molar-refractivity contribution in [1.82, 2.24) is 0 Å². The Balaban J connectivity index is 2.28. The summed E-state index contributed by atoms with van der Waals surface area (Å²) in [5.74, 6) is -4.95. The Morgan fingerprint density at radius 3 is 2.09 bits per heavy atom. The largest absolute Gasteiger partial charge is 0.463 e. The summed E-state index contributed by atoms with van der Waals surface area (Å²) in [6.07, 6.45) is -5.93. The molecule has 1 aromatic carbocycles. The highest BCUT2D eigenvalue weighted by Crippen LogP contribution is 2.53. The second-order valence-electron chi connectivity index (χ2n) is 4.77. The van der Waals surface area contributed by atoms with Gasteiger partial charge >= 0.3 is 17.2 Å². The normalized spacial score (nSPS) is 18.2. The van der Waals surface area contributed by atoms with Crippen LogP contribution >= 0.6 is 11.6 Å². The van der Waals surface area contributed by atoms with E-state index >= 15 is 0 Å². The Kier molecular flexibility index (Phi) is 4.44. The van der Waals surface area contributed by atoms with Gasteiger partial charge in [-0.05, 0) is 12.1 Å². The van der Waals surface area contributed by atoms with Crippen LogP contribution in [0.4, 0.5) is 32.0 Å². The van der Waals surface area contributed by atoms with Crippen LogP contribution in [-0.2, 0) is 10.7 Å². The first-order valence-electron chi connectivity index (χ1n) is 6.32. The number of anilines is 1. The Morgan fingerprint density at radius 1 is 1.09 bits per heavy atom. The maximum Gasteiger partial charge on any atom is 0.443 e. The smallest absolute Gasteiger partial charge is 0.443 e. The van der Waals surface area contributed by atoms with E-state index in [1.807, 2.05) is 0 Å². The fourth-order valence-corrected chi connectivity index (χ4v) is 2.00. The number of rotatable bonds is 3. The molecule has 0 saturated carbocycles. The fraction of sp³-hybridized carbons (Fsp3) is 0.462. The highest BCUT2D eigenvalue weighted by molar-refractivity contribution is 6.24. The summed E-state index contributed by atoms with van der Waals surface area (Å²) >= 11 is 4.45. The first-order chi connectivity index (χ1) is 10.5. The Bertz CT molecular complexity index is 599. The number of hydrogen-bond donors (Lipinski definition) is 0. The number of ether oxygens (including phenoxy) is 1. The molecule has 0 bridgehead atoms. The fourth-order valence-electron chi connectivity index (χ4n) is 1.89. The molecule has 1 unspecified atom stereocenters. The monoisotopic (exact) mass is 360 g/mol. The first-order valence-corrected chi connectivity index (χ1v) is 6.70. The lowest BCUT2D eigenvalue weighted by Crippen LogP contribution is -2.49. The molecule has 2 rings (SSSR count). The Labute approximate surface area is 132 Å². The molecule has 0 fully saturated rings. The third kappa shape index (κ3) is 3.06. The minimum atomic E-state index is -5.93. The lowest BCUT2D eigenvalue weighted by molar-refractivity contribution is -0.270. The van der Waals surface area contributed by atoms with E-state index in [-0.39, 0.29) is 6.02 Å². The zero-order valence-electron chi connectivity index (χ0n) is 11.7. The number of amidine groups is 1.